The van der Waals surface area contributed by atoms with Crippen LogP contribution in [0, 0.1) is 5.92 Å². The van der Waals surface area contributed by atoms with Crippen LogP contribution < -0.4 is 15.4 Å². The predicted octanol–water partition coefficient (Wildman–Crippen LogP) is -0.333. The number of aliphatic hydroxyl groups excluding tert-OH is 1. The quantitative estimate of drug-likeness (QED) is 0.580. The summed E-state index contributed by atoms with van der Waals surface area (Å²) in [5.41, 5.74) is -0.653. The van der Waals surface area contributed by atoms with Crippen LogP contribution in [0.15, 0.2) is 21.6 Å². The Morgan fingerprint density at radius 1 is 1.39 bits per heavy atom. The molecule has 0 bridgehead atoms. The summed E-state index contributed by atoms with van der Waals surface area (Å²) in [6, 6.07) is 2.56. The van der Waals surface area contributed by atoms with E-state index in [9.17, 15) is 18.3 Å². The van der Waals surface area contributed by atoms with Crippen LogP contribution >= 0.6 is 0 Å². The summed E-state index contributed by atoms with van der Waals surface area (Å²) >= 11 is 0. The molecule has 130 valence electrons. The lowest BCUT2D eigenvalue weighted by Gasteiger charge is -2.19. The van der Waals surface area contributed by atoms with E-state index >= 15 is 0 Å². The average molecular weight is 345 g/mol. The van der Waals surface area contributed by atoms with Gasteiger partial charge in [0, 0.05) is 31.1 Å². The van der Waals surface area contributed by atoms with Crippen molar-refractivity contribution in [2.24, 2.45) is 5.92 Å². The minimum absolute atomic E-state index is 0.0697. The van der Waals surface area contributed by atoms with Crippen LogP contribution in [0.2, 0.25) is 0 Å². The zero-order chi connectivity index (χ0) is 17.3. The number of β-amino-alcohol motifs (C(OH)–C–C–N with tert-alkyl or cyclic N) is 1. The molecule has 1 fully saturated rings. The number of amides is 1. The highest BCUT2D eigenvalue weighted by Gasteiger charge is 2.28. The fourth-order valence-corrected chi connectivity index (χ4v) is 3.63. The number of furan rings is 1. The molecular formula is C14H23N3O5S. The third-order valence-corrected chi connectivity index (χ3v) is 4.97. The van der Waals surface area contributed by atoms with E-state index < -0.39 is 27.6 Å². The van der Waals surface area contributed by atoms with Crippen LogP contribution in [0.5, 0.6) is 0 Å². The number of aliphatic hydroxyl groups is 1. The molecule has 23 heavy (non-hydrogen) atoms. The van der Waals surface area contributed by atoms with Gasteiger partial charge in [0.25, 0.3) is 15.9 Å². The zero-order valence-corrected chi connectivity index (χ0v) is 14.2. The van der Waals surface area contributed by atoms with Crippen LogP contribution in [-0.4, -0.2) is 50.7 Å². The molecule has 1 saturated heterocycles. The second-order valence-corrected chi connectivity index (χ2v) is 8.28. The molecule has 1 aromatic rings. The fourth-order valence-electron chi connectivity index (χ4n) is 2.28. The second kappa shape index (κ2) is 6.60. The van der Waals surface area contributed by atoms with Crippen LogP contribution in [0.25, 0.3) is 0 Å². The van der Waals surface area contributed by atoms with E-state index in [2.05, 4.69) is 15.4 Å². The molecule has 1 aliphatic heterocycles. The van der Waals surface area contributed by atoms with E-state index in [4.69, 9.17) is 4.42 Å². The van der Waals surface area contributed by atoms with Crippen LogP contribution in [0.4, 0.5) is 0 Å². The predicted molar refractivity (Wildman–Crippen MR) is 83.5 cm³/mol. The summed E-state index contributed by atoms with van der Waals surface area (Å²) in [5.74, 6) is -0.666. The molecule has 1 aromatic heterocycles. The van der Waals surface area contributed by atoms with Gasteiger partial charge in [-0.15, -0.1) is 0 Å². The average Bonchev–Trinajstić information content (AvgIpc) is 3.02. The molecular weight excluding hydrogens is 322 g/mol. The normalized spacial score (nSPS) is 22.3. The molecule has 2 unspecified atom stereocenters. The van der Waals surface area contributed by atoms with Crippen molar-refractivity contribution < 1.29 is 22.7 Å². The topological polar surface area (TPSA) is 121 Å². The smallest absolute Gasteiger partial charge is 0.287 e. The van der Waals surface area contributed by atoms with Gasteiger partial charge in [0.15, 0.2) is 5.76 Å². The maximum absolute atomic E-state index is 12.1. The maximum atomic E-state index is 12.1. The third kappa shape index (κ3) is 4.77. The molecule has 0 radical (unpaired) electrons. The van der Waals surface area contributed by atoms with Gasteiger partial charge < -0.3 is 20.2 Å². The lowest BCUT2D eigenvalue weighted by atomic mass is 10.1. The number of hydrogen-bond acceptors (Lipinski definition) is 6. The van der Waals surface area contributed by atoms with Gasteiger partial charge in [-0.25, -0.2) is 13.1 Å². The van der Waals surface area contributed by atoms with Crippen LogP contribution in [0.3, 0.4) is 0 Å². The molecule has 2 atom stereocenters. The highest BCUT2D eigenvalue weighted by atomic mass is 32.2. The van der Waals surface area contributed by atoms with Crippen molar-refractivity contribution in [3.05, 3.63) is 17.9 Å². The Morgan fingerprint density at radius 2 is 2.09 bits per heavy atom. The molecule has 0 saturated carbocycles. The van der Waals surface area contributed by atoms with Gasteiger partial charge in [0.2, 0.25) is 5.09 Å². The molecule has 0 spiro atoms. The Morgan fingerprint density at radius 3 is 2.65 bits per heavy atom. The first-order chi connectivity index (χ1) is 10.6. The molecule has 9 heteroatoms. The maximum Gasteiger partial charge on any atom is 0.287 e. The molecule has 2 heterocycles. The monoisotopic (exact) mass is 345 g/mol. The van der Waals surface area contributed by atoms with E-state index in [0.717, 1.165) is 0 Å². The molecule has 2 rings (SSSR count). The van der Waals surface area contributed by atoms with Gasteiger partial charge >= 0.3 is 0 Å². The number of hydrogen-bond donors (Lipinski definition) is 4. The Kier molecular flexibility index (Phi) is 5.14. The lowest BCUT2D eigenvalue weighted by Crippen LogP contribution is -2.40. The van der Waals surface area contributed by atoms with Crippen molar-refractivity contribution >= 4 is 15.9 Å². The SMILES string of the molecule is CC(C)(C)NS(=O)(=O)c1ccc(C(=O)NCC2CNCC2O)o1. The minimum atomic E-state index is -3.82. The number of sulfonamides is 1. The molecule has 4 N–H and O–H groups in total. The largest absolute Gasteiger partial charge is 0.438 e. The third-order valence-electron chi connectivity index (χ3n) is 3.34. The minimum Gasteiger partial charge on any atom is -0.438 e. The summed E-state index contributed by atoms with van der Waals surface area (Å²) in [5, 5.41) is 15.0. The van der Waals surface area contributed by atoms with Gasteiger partial charge in [-0.2, -0.15) is 0 Å². The Bertz CT molecular complexity index is 662. The van der Waals surface area contributed by atoms with Gasteiger partial charge in [-0.3, -0.25) is 4.79 Å². The van der Waals surface area contributed by atoms with E-state index in [1.165, 1.54) is 12.1 Å². The van der Waals surface area contributed by atoms with Crippen molar-refractivity contribution in [3.8, 4) is 0 Å². The van der Waals surface area contributed by atoms with E-state index in [1.54, 1.807) is 20.8 Å². The van der Waals surface area contributed by atoms with E-state index in [0.29, 0.717) is 13.1 Å². The van der Waals surface area contributed by atoms with E-state index in [1.807, 2.05) is 0 Å². The zero-order valence-electron chi connectivity index (χ0n) is 13.4. The van der Waals surface area contributed by atoms with Crippen molar-refractivity contribution in [3.63, 3.8) is 0 Å². The first-order valence-corrected chi connectivity index (χ1v) is 8.87. The van der Waals surface area contributed by atoms with Gasteiger partial charge in [-0.05, 0) is 32.9 Å². The van der Waals surface area contributed by atoms with Gasteiger partial charge in [0.1, 0.15) is 0 Å². The summed E-state index contributed by atoms with van der Waals surface area (Å²) in [6.45, 7) is 6.54. The molecule has 0 aromatic carbocycles. The summed E-state index contributed by atoms with van der Waals surface area (Å²) < 4.78 is 31.8. The highest BCUT2D eigenvalue weighted by Crippen LogP contribution is 2.16. The Balaban J connectivity index is 1.99. The standard InChI is InChI=1S/C14H23N3O5S/c1-14(2,3)17-23(20,21)12-5-4-11(22-12)13(19)16-7-9-6-15-8-10(9)18/h4-5,9-10,15,17-18H,6-8H2,1-3H3,(H,16,19). The van der Waals surface area contributed by atoms with Crippen LogP contribution in [0.1, 0.15) is 31.3 Å². The van der Waals surface area contributed by atoms with Gasteiger partial charge in [-0.1, -0.05) is 0 Å². The fraction of sp³-hybridized carbons (Fsp3) is 0.643. The second-order valence-electron chi connectivity index (χ2n) is 6.67. The summed E-state index contributed by atoms with van der Waals surface area (Å²) in [4.78, 5) is 12.0. The Labute approximate surface area is 135 Å². The number of carbonyl (C=O) groups excluding carboxylic acids is 1. The number of nitrogens with one attached hydrogen (secondary N) is 3. The molecule has 0 aliphatic carbocycles. The van der Waals surface area contributed by atoms with Crippen molar-refractivity contribution in [1.82, 2.24) is 15.4 Å². The molecule has 1 amide bonds. The highest BCUT2D eigenvalue weighted by molar-refractivity contribution is 7.89. The van der Waals surface area contributed by atoms with Crippen molar-refractivity contribution in [2.75, 3.05) is 19.6 Å². The number of rotatable bonds is 5. The van der Waals surface area contributed by atoms with Gasteiger partial charge in [0.05, 0.1) is 6.10 Å². The van der Waals surface area contributed by atoms with Crippen LogP contribution in [-0.2, 0) is 10.0 Å². The number of carbonyl (C=O) groups is 1. The summed E-state index contributed by atoms with van der Waals surface area (Å²) in [7, 11) is -3.82. The first-order valence-electron chi connectivity index (χ1n) is 7.39. The molecule has 8 nitrogen and oxygen atoms in total. The van der Waals surface area contributed by atoms with Crippen molar-refractivity contribution in [1.29, 1.82) is 0 Å². The molecule has 1 aliphatic rings. The first kappa shape index (κ1) is 17.9. The Hall–Kier alpha value is -1.42. The summed E-state index contributed by atoms with van der Waals surface area (Å²) in [6.07, 6.45) is -0.501. The lowest BCUT2D eigenvalue weighted by molar-refractivity contribution is 0.0894. The van der Waals surface area contributed by atoms with Crippen molar-refractivity contribution in [2.45, 2.75) is 37.5 Å². The van der Waals surface area contributed by atoms with E-state index in [-0.39, 0.29) is 23.3 Å².